The highest BCUT2D eigenvalue weighted by Crippen LogP contribution is 2.49. The van der Waals surface area contributed by atoms with E-state index in [1.807, 2.05) is 0 Å². The van der Waals surface area contributed by atoms with E-state index in [2.05, 4.69) is 46.4 Å². The summed E-state index contributed by atoms with van der Waals surface area (Å²) in [6.45, 7) is 8.01. The summed E-state index contributed by atoms with van der Waals surface area (Å²) in [7, 11) is 0. The summed E-state index contributed by atoms with van der Waals surface area (Å²) in [6.07, 6.45) is 32.3. The summed E-state index contributed by atoms with van der Waals surface area (Å²) >= 11 is 0. The summed E-state index contributed by atoms with van der Waals surface area (Å²) in [6, 6.07) is 0.489. The van der Waals surface area contributed by atoms with Crippen molar-refractivity contribution < 1.29 is 24.1 Å². The smallest absolute Gasteiger partial charge is 0.314 e. The highest BCUT2D eigenvalue weighted by Gasteiger charge is 2.63. The van der Waals surface area contributed by atoms with Crippen molar-refractivity contribution in [3.8, 4) is 0 Å². The average molecular weight is 785 g/mol. The number of allylic oxidation sites excluding steroid dienone is 1. The molecule has 0 saturated carbocycles. The lowest BCUT2D eigenvalue weighted by atomic mass is 9.79. The van der Waals surface area contributed by atoms with Crippen LogP contribution in [0.4, 0.5) is 0 Å². The Kier molecular flexibility index (Phi) is 17.4. The minimum Gasteiger partial charge on any atom is -0.465 e. The van der Waals surface area contributed by atoms with Crippen LogP contribution in [-0.4, -0.2) is 108 Å². The molecule has 0 aromatic rings. The third kappa shape index (κ3) is 11.8. The molecule has 6 aliphatic heterocycles. The predicted octanol–water partition coefficient (Wildman–Crippen LogP) is 7.26. The maximum absolute atomic E-state index is 14.1. The first-order valence-corrected chi connectivity index (χ1v) is 23.5. The fourth-order valence-electron chi connectivity index (χ4n) is 10.9. The van der Waals surface area contributed by atoms with E-state index in [-0.39, 0.29) is 48.3 Å². The Hall–Kier alpha value is -1.60. The fraction of sp³-hybridized carbons (Fsp3) is 0.911. The standard InChI is InChI=1S/C45H80N6O5/c1-3-38-22-16-17-27-44(56-38)33-36-24-25-39-41(45(28-19-21-35(2)55-45)49-43(48-44)51(36)39)42(53)54-32-18-14-12-10-8-6-4-5-7-9-11-13-15-23-40-47-30-20-31-50(40)34-37(52)26-29-46/h16,22,35-39,41,43,48-49,52H,3-15,17-21,23-34,46H2,1-2H3/t35-,36+,37+,38+,39-,41-,43?,44+,45-/m1/s1. The molecule has 6 rings (SSSR count). The van der Waals surface area contributed by atoms with Crippen LogP contribution in [0, 0.1) is 5.92 Å². The maximum atomic E-state index is 14.1. The molecule has 9 atom stereocenters. The lowest BCUT2D eigenvalue weighted by Gasteiger charge is -2.60. The number of β-amino-alcohol motifs (C(OH)–C–C–N with tert-alkyl or cyclic N) is 1. The molecular weight excluding hydrogens is 705 g/mol. The lowest BCUT2D eigenvalue weighted by Crippen LogP contribution is -2.81. The van der Waals surface area contributed by atoms with Crippen LogP contribution in [0.3, 0.4) is 0 Å². The molecule has 0 aliphatic carbocycles. The molecule has 6 aliphatic rings. The molecule has 56 heavy (non-hydrogen) atoms. The van der Waals surface area contributed by atoms with Gasteiger partial charge in [0, 0.05) is 44.6 Å². The zero-order valence-corrected chi connectivity index (χ0v) is 35.4. The fourth-order valence-corrected chi connectivity index (χ4v) is 10.9. The monoisotopic (exact) mass is 785 g/mol. The number of aliphatic imine (C=N–C) groups is 1. The number of rotatable bonds is 22. The largest absolute Gasteiger partial charge is 0.465 e. The minimum absolute atomic E-state index is 0.0722. The van der Waals surface area contributed by atoms with Crippen LogP contribution in [0.25, 0.3) is 0 Å². The van der Waals surface area contributed by atoms with E-state index in [0.717, 1.165) is 96.6 Å². The van der Waals surface area contributed by atoms with Crippen molar-refractivity contribution in [2.45, 2.75) is 223 Å². The highest BCUT2D eigenvalue weighted by atomic mass is 16.6. The molecule has 1 unspecified atom stereocenters. The molecule has 0 bridgehead atoms. The van der Waals surface area contributed by atoms with Crippen molar-refractivity contribution in [3.05, 3.63) is 12.2 Å². The van der Waals surface area contributed by atoms with Gasteiger partial charge in [0.2, 0.25) is 0 Å². The van der Waals surface area contributed by atoms with Gasteiger partial charge in [-0.1, -0.05) is 89.7 Å². The van der Waals surface area contributed by atoms with Crippen molar-refractivity contribution in [1.29, 1.82) is 0 Å². The molecule has 2 spiro atoms. The number of carbonyl (C=O) groups excluding carboxylic acids is 1. The number of nitrogens with two attached hydrogens (primary N) is 1. The van der Waals surface area contributed by atoms with Crippen LogP contribution in [0.2, 0.25) is 0 Å². The number of hydrogen-bond donors (Lipinski definition) is 4. The zero-order chi connectivity index (χ0) is 39.2. The SMILES string of the molecule is CC[C@H]1C=CCC[C@@]2(C[C@@H]3CC[C@@H]4[C@H](C(=O)OCCCCCCCCCCCCCCCC5=NCCCN5C[C@@H](O)CCN)[C@]5(CCC[C@@H](C)O5)NC(N2)N34)O1. The maximum Gasteiger partial charge on any atom is 0.314 e. The van der Waals surface area contributed by atoms with E-state index in [4.69, 9.17) is 24.9 Å². The van der Waals surface area contributed by atoms with Crippen molar-refractivity contribution in [1.82, 2.24) is 20.4 Å². The number of carbonyl (C=O) groups is 1. The number of nitrogens with zero attached hydrogens (tertiary/aromatic N) is 3. The highest BCUT2D eigenvalue weighted by molar-refractivity contribution is 5.82. The number of aliphatic hydroxyl groups is 1. The summed E-state index contributed by atoms with van der Waals surface area (Å²) in [5, 5.41) is 18.1. The molecule has 0 radical (unpaired) electrons. The molecule has 320 valence electrons. The second-order valence-corrected chi connectivity index (χ2v) is 18.2. The number of aliphatic hydroxyl groups excluding tert-OH is 1. The number of esters is 1. The number of amidine groups is 1. The Morgan fingerprint density at radius 1 is 0.982 bits per heavy atom. The van der Waals surface area contributed by atoms with Crippen LogP contribution in [0.15, 0.2) is 17.1 Å². The van der Waals surface area contributed by atoms with Crippen LogP contribution in [0.5, 0.6) is 0 Å². The van der Waals surface area contributed by atoms with E-state index in [1.54, 1.807) is 0 Å². The van der Waals surface area contributed by atoms with Crippen molar-refractivity contribution in [2.24, 2.45) is 16.6 Å². The van der Waals surface area contributed by atoms with Gasteiger partial charge in [0.25, 0.3) is 0 Å². The Labute approximate surface area is 339 Å². The number of hydrogen-bond acceptors (Lipinski definition) is 11. The van der Waals surface area contributed by atoms with Gasteiger partial charge < -0.3 is 30.0 Å². The Bertz CT molecular complexity index is 1250. The normalized spacial score (nSPS) is 33.7. The molecule has 0 amide bonds. The summed E-state index contributed by atoms with van der Waals surface area (Å²) in [5.74, 6) is 0.805. The van der Waals surface area contributed by atoms with E-state index in [9.17, 15) is 9.90 Å². The third-order valence-corrected chi connectivity index (χ3v) is 13.8. The van der Waals surface area contributed by atoms with Gasteiger partial charge in [-0.05, 0) is 90.5 Å². The van der Waals surface area contributed by atoms with E-state index in [0.29, 0.717) is 32.2 Å². The second kappa shape index (κ2) is 22.1. The van der Waals surface area contributed by atoms with E-state index in [1.165, 1.54) is 76.5 Å². The zero-order valence-electron chi connectivity index (χ0n) is 35.4. The van der Waals surface area contributed by atoms with Gasteiger partial charge in [0.1, 0.15) is 23.7 Å². The van der Waals surface area contributed by atoms with Crippen LogP contribution < -0.4 is 16.4 Å². The first-order chi connectivity index (χ1) is 27.4. The second-order valence-electron chi connectivity index (χ2n) is 18.2. The molecule has 0 aromatic carbocycles. The first-order valence-electron chi connectivity index (χ1n) is 23.5. The van der Waals surface area contributed by atoms with Crippen LogP contribution >= 0.6 is 0 Å². The van der Waals surface area contributed by atoms with Crippen molar-refractivity contribution in [3.63, 3.8) is 0 Å². The molecule has 5 N–H and O–H groups in total. The van der Waals surface area contributed by atoms with Gasteiger partial charge in [0.05, 0.1) is 30.8 Å². The molecule has 11 heteroatoms. The number of unbranched alkanes of at least 4 members (excludes halogenated alkanes) is 12. The quantitative estimate of drug-likeness (QED) is 0.0505. The van der Waals surface area contributed by atoms with Crippen LogP contribution in [0.1, 0.15) is 174 Å². The Morgan fingerprint density at radius 2 is 1.71 bits per heavy atom. The van der Waals surface area contributed by atoms with Crippen molar-refractivity contribution in [2.75, 3.05) is 32.8 Å². The van der Waals surface area contributed by atoms with Gasteiger partial charge in [0.15, 0.2) is 0 Å². The average Bonchev–Trinajstić information content (AvgIpc) is 3.49. The molecule has 6 heterocycles. The van der Waals surface area contributed by atoms with Gasteiger partial charge in [-0.3, -0.25) is 25.3 Å². The first kappa shape index (κ1) is 44.0. The molecule has 4 fully saturated rings. The predicted molar refractivity (Wildman–Crippen MR) is 224 cm³/mol. The molecule has 11 nitrogen and oxygen atoms in total. The van der Waals surface area contributed by atoms with Gasteiger partial charge in [-0.25, -0.2) is 0 Å². The van der Waals surface area contributed by atoms with Gasteiger partial charge >= 0.3 is 5.97 Å². The van der Waals surface area contributed by atoms with Gasteiger partial charge in [-0.15, -0.1) is 0 Å². The summed E-state index contributed by atoms with van der Waals surface area (Å²) in [4.78, 5) is 23.7. The lowest BCUT2D eigenvalue weighted by molar-refractivity contribution is -0.255. The summed E-state index contributed by atoms with van der Waals surface area (Å²) in [5.41, 5.74) is 4.55. The van der Waals surface area contributed by atoms with Gasteiger partial charge in [-0.2, -0.15) is 0 Å². The third-order valence-electron chi connectivity index (χ3n) is 13.8. The number of nitrogens with one attached hydrogen (secondary N) is 2. The topological polar surface area (TPSA) is 134 Å². The van der Waals surface area contributed by atoms with Crippen LogP contribution in [-0.2, 0) is 19.0 Å². The Morgan fingerprint density at radius 3 is 2.43 bits per heavy atom. The van der Waals surface area contributed by atoms with E-state index >= 15 is 0 Å². The Balaban J connectivity index is 0.830. The molecular formula is C45H80N6O5. The summed E-state index contributed by atoms with van der Waals surface area (Å²) < 4.78 is 19.8. The van der Waals surface area contributed by atoms with Crippen molar-refractivity contribution >= 4 is 11.8 Å². The number of ether oxygens (including phenoxy) is 3. The van der Waals surface area contributed by atoms with E-state index < -0.39 is 5.72 Å². The molecule has 4 saturated heterocycles. The molecule has 0 aromatic heterocycles. The minimum atomic E-state index is -0.711.